The molecule has 0 bridgehead atoms. The summed E-state index contributed by atoms with van der Waals surface area (Å²) < 4.78 is 37.2. The Morgan fingerprint density at radius 3 is 2.61 bits per heavy atom. The van der Waals surface area contributed by atoms with Crippen LogP contribution in [0.15, 0.2) is 34.1 Å². The molecular weight excluding hydrogens is 525 g/mol. The third kappa shape index (κ3) is 4.93. The minimum Gasteiger partial charge on any atom is -0.389 e. The summed E-state index contributed by atoms with van der Waals surface area (Å²) in [6.07, 6.45) is 0.0432. The third-order valence-electron chi connectivity index (χ3n) is 4.52. The fraction of sp³-hybridized carbons (Fsp3) is 0.350. The number of benzene rings is 1. The average Bonchev–Trinajstić information content (AvgIpc) is 2.71. The van der Waals surface area contributed by atoms with Crippen molar-refractivity contribution in [2.45, 2.75) is 32.6 Å². The van der Waals surface area contributed by atoms with Gasteiger partial charge in [-0.1, -0.05) is 0 Å². The zero-order valence-corrected chi connectivity index (χ0v) is 19.2. The number of rotatable bonds is 7. The molecular formula is C20H21F2IN4O4. The largest absolute Gasteiger partial charge is 0.389 e. The van der Waals surface area contributed by atoms with Crippen molar-refractivity contribution in [2.24, 2.45) is 7.05 Å². The van der Waals surface area contributed by atoms with Crippen LogP contribution >= 0.6 is 22.6 Å². The number of nitrogens with zero attached hydrogens (tertiary/aromatic N) is 3. The SMILES string of the molecule is CC(C)OC[C@H](O)Cn1cnc2c(c(Nc3ccc(I)cc3F)c(F)c(=O)n2C)c1=O. The van der Waals surface area contributed by atoms with E-state index in [2.05, 4.69) is 10.3 Å². The molecule has 8 nitrogen and oxygen atoms in total. The number of anilines is 2. The van der Waals surface area contributed by atoms with E-state index in [9.17, 15) is 23.5 Å². The Balaban J connectivity index is 2.14. The van der Waals surface area contributed by atoms with Crippen molar-refractivity contribution < 1.29 is 18.6 Å². The Bertz CT molecular complexity index is 1240. The standard InChI is InChI=1S/C20H21F2IN4O4/c1-10(2)31-8-12(28)7-27-9-24-18-15(19(27)29)17(16(22)20(30)26(18)3)25-14-5-4-11(23)6-13(14)21/h4-6,9-10,12,25,28H,7-8H2,1-3H3/t12-/m1/s1. The number of hydrogen-bond donors (Lipinski definition) is 2. The first kappa shape index (κ1) is 23.3. The number of aryl methyl sites for hydroxylation is 1. The summed E-state index contributed by atoms with van der Waals surface area (Å²) in [4.78, 5) is 29.5. The Morgan fingerprint density at radius 2 is 1.97 bits per heavy atom. The minimum absolute atomic E-state index is 0.0112. The van der Waals surface area contributed by atoms with E-state index < -0.39 is 34.5 Å². The summed E-state index contributed by atoms with van der Waals surface area (Å²) in [5, 5.41) is 12.5. The van der Waals surface area contributed by atoms with Gasteiger partial charge in [0.15, 0.2) is 5.65 Å². The van der Waals surface area contributed by atoms with Gasteiger partial charge in [0.05, 0.1) is 36.7 Å². The number of hydrogen-bond acceptors (Lipinski definition) is 6. The molecule has 0 fully saturated rings. The lowest BCUT2D eigenvalue weighted by Gasteiger charge is -2.17. The molecule has 0 spiro atoms. The highest BCUT2D eigenvalue weighted by atomic mass is 127. The van der Waals surface area contributed by atoms with Crippen LogP contribution in [0.2, 0.25) is 0 Å². The number of aliphatic hydroxyl groups is 1. The van der Waals surface area contributed by atoms with Gasteiger partial charge in [-0.3, -0.25) is 18.7 Å². The first-order valence-electron chi connectivity index (χ1n) is 9.39. The molecule has 1 aromatic carbocycles. The third-order valence-corrected chi connectivity index (χ3v) is 5.19. The van der Waals surface area contributed by atoms with Crippen molar-refractivity contribution in [1.29, 1.82) is 0 Å². The van der Waals surface area contributed by atoms with Crippen molar-refractivity contribution in [3.63, 3.8) is 0 Å². The molecule has 3 aromatic rings. The second-order valence-electron chi connectivity index (χ2n) is 7.24. The molecule has 2 aromatic heterocycles. The molecule has 31 heavy (non-hydrogen) atoms. The number of halogens is 3. The Labute approximate surface area is 189 Å². The van der Waals surface area contributed by atoms with Gasteiger partial charge >= 0.3 is 0 Å². The molecule has 3 rings (SSSR count). The quantitative estimate of drug-likeness (QED) is 0.443. The number of ether oxygens (including phenoxy) is 1. The highest BCUT2D eigenvalue weighted by molar-refractivity contribution is 14.1. The first-order valence-corrected chi connectivity index (χ1v) is 10.5. The lowest BCUT2D eigenvalue weighted by Crippen LogP contribution is -2.33. The van der Waals surface area contributed by atoms with Crippen LogP contribution in [0, 0.1) is 15.2 Å². The van der Waals surface area contributed by atoms with Gasteiger partial charge in [0, 0.05) is 10.6 Å². The van der Waals surface area contributed by atoms with E-state index in [1.807, 2.05) is 22.6 Å². The van der Waals surface area contributed by atoms with Crippen LogP contribution in [0.5, 0.6) is 0 Å². The smallest absolute Gasteiger partial charge is 0.290 e. The molecule has 166 valence electrons. The summed E-state index contributed by atoms with van der Waals surface area (Å²) in [6.45, 7) is 3.45. The van der Waals surface area contributed by atoms with E-state index in [0.717, 1.165) is 15.5 Å². The second kappa shape index (κ2) is 9.40. The molecule has 0 unspecified atom stereocenters. The molecule has 0 amide bonds. The number of aromatic nitrogens is 3. The van der Waals surface area contributed by atoms with Gasteiger partial charge < -0.3 is 15.2 Å². The number of nitrogens with one attached hydrogen (secondary N) is 1. The fourth-order valence-corrected chi connectivity index (χ4v) is 3.42. The van der Waals surface area contributed by atoms with Gasteiger partial charge in [0.1, 0.15) is 17.5 Å². The molecule has 2 N–H and O–H groups in total. The van der Waals surface area contributed by atoms with Crippen LogP contribution < -0.4 is 16.4 Å². The zero-order valence-electron chi connectivity index (χ0n) is 17.0. The molecule has 0 saturated heterocycles. The van der Waals surface area contributed by atoms with Crippen LogP contribution in [0.4, 0.5) is 20.2 Å². The molecule has 0 aliphatic rings. The lowest BCUT2D eigenvalue weighted by molar-refractivity contribution is -0.00111. The van der Waals surface area contributed by atoms with E-state index >= 15 is 0 Å². The summed E-state index contributed by atoms with van der Waals surface area (Å²) in [5.74, 6) is -1.92. The van der Waals surface area contributed by atoms with Gasteiger partial charge in [-0.25, -0.2) is 9.37 Å². The fourth-order valence-electron chi connectivity index (χ4n) is 2.97. The second-order valence-corrected chi connectivity index (χ2v) is 8.48. The van der Waals surface area contributed by atoms with Crippen LogP contribution in [0.3, 0.4) is 0 Å². The maximum Gasteiger partial charge on any atom is 0.290 e. The molecule has 0 radical (unpaired) electrons. The minimum atomic E-state index is -1.24. The Hall–Kier alpha value is -2.38. The molecule has 11 heteroatoms. The summed E-state index contributed by atoms with van der Waals surface area (Å²) in [5.41, 5.74) is -2.37. The molecule has 1 atom stereocenters. The summed E-state index contributed by atoms with van der Waals surface area (Å²) in [7, 11) is 1.28. The lowest BCUT2D eigenvalue weighted by atomic mass is 10.2. The van der Waals surface area contributed by atoms with Crippen molar-refractivity contribution in [3.8, 4) is 0 Å². The van der Waals surface area contributed by atoms with E-state index in [1.54, 1.807) is 19.9 Å². The normalized spacial score (nSPS) is 12.5. The highest BCUT2D eigenvalue weighted by Gasteiger charge is 2.22. The van der Waals surface area contributed by atoms with Crippen molar-refractivity contribution in [2.75, 3.05) is 11.9 Å². The Morgan fingerprint density at radius 1 is 1.26 bits per heavy atom. The van der Waals surface area contributed by atoms with E-state index in [0.29, 0.717) is 3.57 Å². The number of aliphatic hydroxyl groups excluding tert-OH is 1. The average molecular weight is 546 g/mol. The van der Waals surface area contributed by atoms with Crippen molar-refractivity contribution >= 4 is 45.0 Å². The molecule has 2 heterocycles. The van der Waals surface area contributed by atoms with E-state index in [4.69, 9.17) is 4.74 Å². The highest BCUT2D eigenvalue weighted by Crippen LogP contribution is 2.26. The predicted molar refractivity (Wildman–Crippen MR) is 121 cm³/mol. The van der Waals surface area contributed by atoms with Gasteiger partial charge in [-0.15, -0.1) is 0 Å². The van der Waals surface area contributed by atoms with Crippen molar-refractivity contribution in [1.82, 2.24) is 14.1 Å². The van der Waals surface area contributed by atoms with Crippen LogP contribution in [-0.2, 0) is 18.3 Å². The predicted octanol–water partition coefficient (Wildman–Crippen LogP) is 2.51. The van der Waals surface area contributed by atoms with Gasteiger partial charge in [0.25, 0.3) is 11.1 Å². The monoisotopic (exact) mass is 546 g/mol. The van der Waals surface area contributed by atoms with Crippen molar-refractivity contribution in [3.05, 3.63) is 60.4 Å². The first-order chi connectivity index (χ1) is 14.6. The van der Waals surface area contributed by atoms with Crippen LogP contribution in [0.1, 0.15) is 13.8 Å². The topological polar surface area (TPSA) is 98.4 Å². The summed E-state index contributed by atoms with van der Waals surface area (Å²) in [6, 6.07) is 4.20. The van der Waals surface area contributed by atoms with Crippen LogP contribution in [-0.4, -0.2) is 38.0 Å². The molecule has 0 saturated carbocycles. The number of fused-ring (bicyclic) bond motifs is 1. The molecule has 0 aliphatic carbocycles. The Kier molecular flexibility index (Phi) is 7.06. The zero-order chi connectivity index (χ0) is 22.9. The van der Waals surface area contributed by atoms with E-state index in [-0.39, 0.29) is 36.0 Å². The number of pyridine rings is 1. The van der Waals surface area contributed by atoms with Crippen LogP contribution in [0.25, 0.3) is 11.0 Å². The maximum atomic E-state index is 14.9. The molecule has 0 aliphatic heterocycles. The van der Waals surface area contributed by atoms with Gasteiger partial charge in [0.2, 0.25) is 5.82 Å². The van der Waals surface area contributed by atoms with E-state index in [1.165, 1.54) is 19.2 Å². The summed E-state index contributed by atoms with van der Waals surface area (Å²) >= 11 is 1.92. The van der Waals surface area contributed by atoms with Gasteiger partial charge in [-0.05, 0) is 54.6 Å². The van der Waals surface area contributed by atoms with Gasteiger partial charge in [-0.2, -0.15) is 4.39 Å². The maximum absolute atomic E-state index is 14.9.